The summed E-state index contributed by atoms with van der Waals surface area (Å²) in [4.78, 5) is 12.8. The predicted molar refractivity (Wildman–Crippen MR) is 114 cm³/mol. The van der Waals surface area contributed by atoms with E-state index in [1.165, 1.54) is 0 Å². The molecular formula is C24H21N3O. The smallest absolute Gasteiger partial charge is 0.288 e. The highest BCUT2D eigenvalue weighted by molar-refractivity contribution is 6.13. The fourth-order valence-corrected chi connectivity index (χ4v) is 3.35. The Morgan fingerprint density at radius 1 is 0.857 bits per heavy atom. The van der Waals surface area contributed by atoms with Gasteiger partial charge in [-0.2, -0.15) is 5.10 Å². The predicted octanol–water partition coefficient (Wildman–Crippen LogP) is 4.67. The van der Waals surface area contributed by atoms with Crippen LogP contribution in [0.4, 0.5) is 0 Å². The summed E-state index contributed by atoms with van der Waals surface area (Å²) < 4.78 is 1.88. The molecule has 0 aliphatic carbocycles. The minimum atomic E-state index is -0.236. The fraction of sp³-hybridized carbons (Fsp3) is 0.0833. The summed E-state index contributed by atoms with van der Waals surface area (Å²) in [7, 11) is 1.89. The molecule has 4 heteroatoms. The Morgan fingerprint density at radius 3 is 2.32 bits per heavy atom. The van der Waals surface area contributed by atoms with Crippen molar-refractivity contribution in [2.75, 3.05) is 0 Å². The summed E-state index contributed by atoms with van der Waals surface area (Å²) in [5.74, 6) is -0.236. The lowest BCUT2D eigenvalue weighted by Gasteiger charge is -2.09. The van der Waals surface area contributed by atoms with Crippen LogP contribution < -0.4 is 5.43 Å². The van der Waals surface area contributed by atoms with Crippen molar-refractivity contribution >= 4 is 22.5 Å². The first-order valence-electron chi connectivity index (χ1n) is 9.18. The molecule has 28 heavy (non-hydrogen) atoms. The molecule has 0 unspecified atom stereocenters. The molecule has 4 nitrogen and oxygen atoms in total. The number of hydrogen-bond acceptors (Lipinski definition) is 2. The van der Waals surface area contributed by atoms with Gasteiger partial charge in [-0.15, -0.1) is 0 Å². The summed E-state index contributed by atoms with van der Waals surface area (Å²) in [6, 6.07) is 27.8. The second-order valence-corrected chi connectivity index (χ2v) is 6.78. The molecule has 0 saturated heterocycles. The first-order chi connectivity index (χ1) is 13.6. The number of amides is 1. The van der Waals surface area contributed by atoms with Gasteiger partial charge < -0.3 is 4.57 Å². The first kappa shape index (κ1) is 17.7. The molecular weight excluding hydrogens is 346 g/mol. The van der Waals surface area contributed by atoms with Crippen LogP contribution in [-0.4, -0.2) is 16.2 Å². The summed E-state index contributed by atoms with van der Waals surface area (Å²) in [6.45, 7) is 2.04. The maximum absolute atomic E-state index is 12.8. The van der Waals surface area contributed by atoms with E-state index in [-0.39, 0.29) is 5.91 Å². The number of fused-ring (bicyclic) bond motifs is 1. The Kier molecular flexibility index (Phi) is 4.77. The second kappa shape index (κ2) is 7.53. The molecule has 138 valence electrons. The lowest BCUT2D eigenvalue weighted by Crippen LogP contribution is -2.22. The highest BCUT2D eigenvalue weighted by Gasteiger charge is 2.14. The van der Waals surface area contributed by atoms with Gasteiger partial charge >= 0.3 is 0 Å². The molecule has 0 atom stereocenters. The van der Waals surface area contributed by atoms with Gasteiger partial charge in [-0.1, -0.05) is 72.3 Å². The van der Waals surface area contributed by atoms with Crippen molar-refractivity contribution in [3.05, 3.63) is 107 Å². The van der Waals surface area contributed by atoms with E-state index in [1.54, 1.807) is 0 Å². The molecule has 0 aliphatic heterocycles. The number of rotatable bonds is 4. The zero-order valence-corrected chi connectivity index (χ0v) is 15.9. The molecule has 0 bridgehead atoms. The van der Waals surface area contributed by atoms with Crippen LogP contribution >= 0.6 is 0 Å². The summed E-state index contributed by atoms with van der Waals surface area (Å²) in [5.41, 5.74) is 8.11. The fourth-order valence-electron chi connectivity index (χ4n) is 3.35. The lowest BCUT2D eigenvalue weighted by molar-refractivity contribution is 0.0947. The van der Waals surface area contributed by atoms with Crippen molar-refractivity contribution in [1.29, 1.82) is 0 Å². The average Bonchev–Trinajstić information content (AvgIpc) is 3.06. The highest BCUT2D eigenvalue weighted by atomic mass is 16.2. The number of hydrazone groups is 1. The zero-order chi connectivity index (χ0) is 19.5. The van der Waals surface area contributed by atoms with E-state index < -0.39 is 0 Å². The van der Waals surface area contributed by atoms with E-state index in [0.29, 0.717) is 5.69 Å². The third-order valence-corrected chi connectivity index (χ3v) is 4.79. The van der Waals surface area contributed by atoms with Crippen molar-refractivity contribution < 1.29 is 4.79 Å². The molecule has 4 rings (SSSR count). The van der Waals surface area contributed by atoms with Crippen molar-refractivity contribution in [2.24, 2.45) is 12.1 Å². The van der Waals surface area contributed by atoms with Gasteiger partial charge in [0.25, 0.3) is 5.91 Å². The number of hydrogen-bond donors (Lipinski definition) is 1. The molecule has 0 spiro atoms. The normalized spacial score (nSPS) is 11.6. The topological polar surface area (TPSA) is 46.4 Å². The quantitative estimate of drug-likeness (QED) is 0.413. The summed E-state index contributed by atoms with van der Waals surface area (Å²) in [5, 5.41) is 5.53. The third-order valence-electron chi connectivity index (χ3n) is 4.79. The van der Waals surface area contributed by atoms with Crippen LogP contribution in [0.5, 0.6) is 0 Å². The van der Waals surface area contributed by atoms with E-state index in [9.17, 15) is 4.79 Å². The van der Waals surface area contributed by atoms with E-state index in [2.05, 4.69) is 16.6 Å². The van der Waals surface area contributed by atoms with Gasteiger partial charge in [0.1, 0.15) is 5.69 Å². The van der Waals surface area contributed by atoms with Crippen LogP contribution in [0.2, 0.25) is 0 Å². The molecule has 1 N–H and O–H groups in total. The van der Waals surface area contributed by atoms with Gasteiger partial charge in [0.15, 0.2) is 0 Å². The van der Waals surface area contributed by atoms with Gasteiger partial charge in [-0.05, 0) is 25.1 Å². The van der Waals surface area contributed by atoms with Crippen LogP contribution in [0, 0.1) is 6.92 Å². The maximum Gasteiger partial charge on any atom is 0.288 e. The molecule has 0 radical (unpaired) electrons. The first-order valence-corrected chi connectivity index (χ1v) is 9.18. The summed E-state index contributed by atoms with van der Waals surface area (Å²) in [6.07, 6.45) is 0. The molecule has 3 aromatic carbocycles. The van der Waals surface area contributed by atoms with E-state index >= 15 is 0 Å². The number of para-hydroxylation sites is 1. The molecule has 1 amide bonds. The largest absolute Gasteiger partial charge is 0.340 e. The number of benzene rings is 3. The molecule has 1 aromatic heterocycles. The van der Waals surface area contributed by atoms with Gasteiger partial charge in [-0.3, -0.25) is 4.79 Å². The van der Waals surface area contributed by atoms with E-state index in [4.69, 9.17) is 0 Å². The Labute approximate surface area is 164 Å². The average molecular weight is 367 g/mol. The standard InChI is InChI=1S/C24H21N3O/c1-17-9-8-13-20(15-17)23(18-10-4-3-5-11-18)25-26-24(28)22-16-19-12-6-7-14-21(19)27(22)2/h3-16H,1-2H3,(H,26,28)/b25-23+. The molecule has 1 heterocycles. The Hall–Kier alpha value is -3.66. The zero-order valence-electron chi connectivity index (χ0n) is 15.9. The number of aryl methyl sites for hydroxylation is 2. The van der Waals surface area contributed by atoms with Gasteiger partial charge in [0, 0.05) is 29.1 Å². The summed E-state index contributed by atoms with van der Waals surface area (Å²) >= 11 is 0. The Bertz CT molecular complexity index is 1170. The Morgan fingerprint density at radius 2 is 1.57 bits per heavy atom. The molecule has 0 aliphatic rings. The number of carbonyl (C=O) groups is 1. The third kappa shape index (κ3) is 3.45. The minimum Gasteiger partial charge on any atom is -0.340 e. The molecule has 0 saturated carbocycles. The van der Waals surface area contributed by atoms with Crippen LogP contribution in [0.3, 0.4) is 0 Å². The van der Waals surface area contributed by atoms with Gasteiger partial charge in [0.05, 0.1) is 5.71 Å². The monoisotopic (exact) mass is 367 g/mol. The minimum absolute atomic E-state index is 0.236. The number of nitrogens with zero attached hydrogens (tertiary/aromatic N) is 2. The maximum atomic E-state index is 12.8. The number of carbonyl (C=O) groups excluding carboxylic acids is 1. The van der Waals surface area contributed by atoms with Gasteiger partial charge in [0.2, 0.25) is 0 Å². The van der Waals surface area contributed by atoms with E-state index in [1.807, 2.05) is 97.4 Å². The Balaban J connectivity index is 1.70. The van der Waals surface area contributed by atoms with Gasteiger partial charge in [-0.25, -0.2) is 5.43 Å². The van der Waals surface area contributed by atoms with Crippen molar-refractivity contribution in [3.63, 3.8) is 0 Å². The second-order valence-electron chi connectivity index (χ2n) is 6.78. The molecule has 4 aromatic rings. The van der Waals surface area contributed by atoms with Crippen LogP contribution in [0.15, 0.2) is 90.0 Å². The molecule has 0 fully saturated rings. The van der Waals surface area contributed by atoms with Crippen LogP contribution in [-0.2, 0) is 7.05 Å². The van der Waals surface area contributed by atoms with Crippen LogP contribution in [0.25, 0.3) is 10.9 Å². The van der Waals surface area contributed by atoms with Crippen molar-refractivity contribution in [3.8, 4) is 0 Å². The van der Waals surface area contributed by atoms with Crippen molar-refractivity contribution in [2.45, 2.75) is 6.92 Å². The van der Waals surface area contributed by atoms with Crippen LogP contribution in [0.1, 0.15) is 27.2 Å². The van der Waals surface area contributed by atoms with E-state index in [0.717, 1.165) is 33.3 Å². The number of aromatic nitrogens is 1. The highest BCUT2D eigenvalue weighted by Crippen LogP contribution is 2.18. The lowest BCUT2D eigenvalue weighted by atomic mass is 10.0. The number of nitrogens with one attached hydrogen (secondary N) is 1. The van der Waals surface area contributed by atoms with Crippen molar-refractivity contribution in [1.82, 2.24) is 9.99 Å². The SMILES string of the molecule is Cc1cccc(/C(=N/NC(=O)c2cc3ccccc3n2C)c2ccccc2)c1.